The van der Waals surface area contributed by atoms with Gasteiger partial charge >= 0.3 is 5.97 Å². The van der Waals surface area contributed by atoms with Gasteiger partial charge < -0.3 is 14.9 Å². The Labute approximate surface area is 126 Å². The van der Waals surface area contributed by atoms with E-state index in [4.69, 9.17) is 14.9 Å². The molecule has 1 aromatic heterocycles. The fourth-order valence-corrected chi connectivity index (χ4v) is 2.00. The van der Waals surface area contributed by atoms with E-state index in [-0.39, 0.29) is 23.1 Å². The number of carbonyl (C=O) groups is 1. The summed E-state index contributed by atoms with van der Waals surface area (Å²) in [7, 11) is 0. The van der Waals surface area contributed by atoms with Crippen LogP contribution in [-0.2, 0) is 9.53 Å². The normalized spacial score (nSPS) is 11.9. The lowest BCUT2D eigenvalue weighted by Crippen LogP contribution is -2.12. The Balaban J connectivity index is 2.39. The van der Waals surface area contributed by atoms with Gasteiger partial charge in [-0.15, -0.1) is 22.0 Å². The number of esters is 1. The van der Waals surface area contributed by atoms with Crippen molar-refractivity contribution in [1.82, 2.24) is 10.2 Å². The largest absolute Gasteiger partial charge is 0.462 e. The number of nitrogens with two attached hydrogens (primary N) is 1. The van der Waals surface area contributed by atoms with Crippen LogP contribution in [-0.4, -0.2) is 29.0 Å². The zero-order valence-corrected chi connectivity index (χ0v) is 12.5. The first kappa shape index (κ1) is 15.1. The number of carbonyl (C=O) groups excluding carboxylic acids is 1. The van der Waals surface area contributed by atoms with Crippen LogP contribution in [0.3, 0.4) is 0 Å². The quantitative estimate of drug-likeness (QED) is 0.669. The van der Waals surface area contributed by atoms with Gasteiger partial charge in [-0.3, -0.25) is 0 Å². The van der Waals surface area contributed by atoms with Crippen molar-refractivity contribution in [3.05, 3.63) is 41.3 Å². The molecule has 0 aliphatic rings. The van der Waals surface area contributed by atoms with Gasteiger partial charge in [-0.25, -0.2) is 4.79 Å². The van der Waals surface area contributed by atoms with Gasteiger partial charge in [-0.05, 0) is 25.3 Å². The summed E-state index contributed by atoms with van der Waals surface area (Å²) < 4.78 is 10.5. The molecule has 2 rings (SSSR count). The standard InChI is InChI=1S/C14H15N3O3S/c1-3-19-14(18)10(11(15)21-2)13-17-16-12(20-13)9-7-5-4-6-8-9/h4-8H,3,15H2,1-2H3/b11-10-. The lowest BCUT2D eigenvalue weighted by Gasteiger charge is -2.05. The molecule has 0 atom stereocenters. The van der Waals surface area contributed by atoms with Gasteiger partial charge in [-0.2, -0.15) is 0 Å². The number of rotatable bonds is 5. The maximum Gasteiger partial charge on any atom is 0.346 e. The molecule has 2 N–H and O–H groups in total. The van der Waals surface area contributed by atoms with Gasteiger partial charge in [0.1, 0.15) is 0 Å². The van der Waals surface area contributed by atoms with Crippen LogP contribution in [0.15, 0.2) is 39.8 Å². The molecule has 0 aliphatic heterocycles. The predicted octanol–water partition coefficient (Wildman–Crippen LogP) is 2.29. The second-order valence-electron chi connectivity index (χ2n) is 3.94. The Hall–Kier alpha value is -2.28. The van der Waals surface area contributed by atoms with Crippen LogP contribution in [0, 0.1) is 0 Å². The fourth-order valence-electron chi connectivity index (χ4n) is 1.62. The number of ether oxygens (including phenoxy) is 1. The summed E-state index contributed by atoms with van der Waals surface area (Å²) in [5, 5.41) is 8.11. The topological polar surface area (TPSA) is 91.2 Å². The summed E-state index contributed by atoms with van der Waals surface area (Å²) >= 11 is 1.22. The highest BCUT2D eigenvalue weighted by Gasteiger charge is 2.23. The molecule has 0 fully saturated rings. The van der Waals surface area contributed by atoms with Crippen LogP contribution in [0.5, 0.6) is 0 Å². The van der Waals surface area contributed by atoms with Gasteiger partial charge in [-0.1, -0.05) is 18.2 Å². The molecule has 21 heavy (non-hydrogen) atoms. The van der Waals surface area contributed by atoms with Gasteiger partial charge in [0.2, 0.25) is 5.89 Å². The second kappa shape index (κ2) is 6.94. The van der Waals surface area contributed by atoms with Crippen molar-refractivity contribution in [1.29, 1.82) is 0 Å². The fraction of sp³-hybridized carbons (Fsp3) is 0.214. The molecule has 0 amide bonds. The van der Waals surface area contributed by atoms with E-state index in [1.807, 2.05) is 30.3 Å². The van der Waals surface area contributed by atoms with Crippen molar-refractivity contribution in [2.24, 2.45) is 5.73 Å². The van der Waals surface area contributed by atoms with Crippen LogP contribution >= 0.6 is 11.8 Å². The van der Waals surface area contributed by atoms with E-state index in [0.717, 1.165) is 5.56 Å². The Kier molecular flexibility index (Phi) is 4.99. The first-order chi connectivity index (χ1) is 10.2. The summed E-state index contributed by atoms with van der Waals surface area (Å²) in [4.78, 5) is 12.0. The lowest BCUT2D eigenvalue weighted by molar-refractivity contribution is -0.136. The minimum absolute atomic E-state index is 0.0548. The van der Waals surface area contributed by atoms with Crippen LogP contribution in [0.2, 0.25) is 0 Å². The van der Waals surface area contributed by atoms with Crippen LogP contribution in [0.4, 0.5) is 0 Å². The molecule has 110 valence electrons. The molecule has 2 aromatic rings. The minimum Gasteiger partial charge on any atom is -0.462 e. The average molecular weight is 305 g/mol. The third-order valence-electron chi connectivity index (χ3n) is 2.61. The predicted molar refractivity (Wildman–Crippen MR) is 81.0 cm³/mol. The molecule has 1 aromatic carbocycles. The molecule has 0 radical (unpaired) electrons. The second-order valence-corrected chi connectivity index (χ2v) is 4.79. The van der Waals surface area contributed by atoms with Gasteiger partial charge in [0, 0.05) is 5.56 Å². The zero-order chi connectivity index (χ0) is 15.2. The van der Waals surface area contributed by atoms with E-state index >= 15 is 0 Å². The molecule has 0 aliphatic carbocycles. The van der Waals surface area contributed by atoms with Crippen LogP contribution in [0.25, 0.3) is 17.0 Å². The highest BCUT2D eigenvalue weighted by Crippen LogP contribution is 2.25. The average Bonchev–Trinajstić information content (AvgIpc) is 2.98. The molecular formula is C14H15N3O3S. The van der Waals surface area contributed by atoms with Crippen LogP contribution < -0.4 is 5.73 Å². The minimum atomic E-state index is -0.576. The number of nitrogens with zero attached hydrogens (tertiary/aromatic N) is 2. The maximum absolute atomic E-state index is 12.0. The number of aromatic nitrogens is 2. The molecule has 7 heteroatoms. The number of hydrogen-bond donors (Lipinski definition) is 1. The highest BCUT2D eigenvalue weighted by atomic mass is 32.2. The molecular weight excluding hydrogens is 290 g/mol. The Morgan fingerprint density at radius 3 is 2.67 bits per heavy atom. The van der Waals surface area contributed by atoms with E-state index in [9.17, 15) is 4.79 Å². The van der Waals surface area contributed by atoms with Crippen molar-refractivity contribution < 1.29 is 13.9 Å². The first-order valence-corrected chi connectivity index (χ1v) is 7.50. The summed E-state index contributed by atoms with van der Waals surface area (Å²) in [5.74, 6) is -0.201. The first-order valence-electron chi connectivity index (χ1n) is 6.27. The van der Waals surface area contributed by atoms with Crippen LogP contribution in [0.1, 0.15) is 12.8 Å². The van der Waals surface area contributed by atoms with Gasteiger partial charge in [0.25, 0.3) is 5.89 Å². The summed E-state index contributed by atoms with van der Waals surface area (Å²) in [6.07, 6.45) is 1.75. The zero-order valence-electron chi connectivity index (χ0n) is 11.7. The van der Waals surface area contributed by atoms with Crippen molar-refractivity contribution in [3.8, 4) is 11.5 Å². The Morgan fingerprint density at radius 1 is 1.33 bits per heavy atom. The van der Waals surface area contributed by atoms with Crippen molar-refractivity contribution in [3.63, 3.8) is 0 Å². The molecule has 0 saturated carbocycles. The third-order valence-corrected chi connectivity index (χ3v) is 3.25. The van der Waals surface area contributed by atoms with Crippen molar-refractivity contribution >= 4 is 23.3 Å². The number of thioether (sulfide) groups is 1. The Bertz CT molecular complexity index is 652. The molecule has 0 unspecified atom stereocenters. The number of hydrogen-bond acceptors (Lipinski definition) is 7. The molecule has 0 saturated heterocycles. The lowest BCUT2D eigenvalue weighted by atomic mass is 10.2. The number of benzene rings is 1. The highest BCUT2D eigenvalue weighted by molar-refractivity contribution is 8.02. The summed E-state index contributed by atoms with van der Waals surface area (Å²) in [6.45, 7) is 1.96. The van der Waals surface area contributed by atoms with Gasteiger partial charge in [0.05, 0.1) is 11.6 Å². The van der Waals surface area contributed by atoms with Crippen molar-refractivity contribution in [2.75, 3.05) is 12.9 Å². The smallest absolute Gasteiger partial charge is 0.346 e. The van der Waals surface area contributed by atoms with E-state index < -0.39 is 5.97 Å². The van der Waals surface area contributed by atoms with E-state index in [0.29, 0.717) is 5.89 Å². The molecule has 0 spiro atoms. The van der Waals surface area contributed by atoms with E-state index in [1.165, 1.54) is 11.8 Å². The SMILES string of the molecule is CCOC(=O)/C(=C(/N)SC)c1nnc(-c2ccccc2)o1. The molecule has 0 bridgehead atoms. The Morgan fingerprint density at radius 2 is 2.05 bits per heavy atom. The van der Waals surface area contributed by atoms with E-state index in [1.54, 1.807) is 13.2 Å². The third kappa shape index (κ3) is 3.43. The molecule has 1 heterocycles. The van der Waals surface area contributed by atoms with Crippen molar-refractivity contribution in [2.45, 2.75) is 6.92 Å². The summed E-state index contributed by atoms with van der Waals surface area (Å²) in [5.41, 5.74) is 6.70. The monoisotopic (exact) mass is 305 g/mol. The maximum atomic E-state index is 12.0. The summed E-state index contributed by atoms with van der Waals surface area (Å²) in [6, 6.07) is 9.28. The van der Waals surface area contributed by atoms with E-state index in [2.05, 4.69) is 10.2 Å². The molecule has 6 nitrogen and oxygen atoms in total. The van der Waals surface area contributed by atoms with Gasteiger partial charge in [0.15, 0.2) is 5.57 Å².